The Hall–Kier alpha value is -2.41. The van der Waals surface area contributed by atoms with Crippen LogP contribution in [0.2, 0.25) is 0 Å². The molecule has 0 bridgehead atoms. The Morgan fingerprint density at radius 3 is 2.54 bits per heavy atom. The molecule has 4 rings (SSSR count). The van der Waals surface area contributed by atoms with Crippen LogP contribution in [0.1, 0.15) is 18.4 Å². The molecule has 0 aliphatic carbocycles. The van der Waals surface area contributed by atoms with Gasteiger partial charge in [0.1, 0.15) is 0 Å². The highest BCUT2D eigenvalue weighted by atomic mass is 16.5. The van der Waals surface area contributed by atoms with Crippen LogP contribution in [-0.4, -0.2) is 74.0 Å². The highest BCUT2D eigenvalue weighted by Gasteiger charge is 2.63. The van der Waals surface area contributed by atoms with Gasteiger partial charge in [0, 0.05) is 51.8 Å². The van der Waals surface area contributed by atoms with Gasteiger partial charge >= 0.3 is 0 Å². The normalized spacial score (nSPS) is 28.0. The summed E-state index contributed by atoms with van der Waals surface area (Å²) in [6, 6.07) is 7.67. The average Bonchev–Trinajstić information content (AvgIpc) is 3.09. The number of para-hydroxylation sites is 1. The summed E-state index contributed by atoms with van der Waals surface area (Å²) in [7, 11) is 1.71. The van der Waals surface area contributed by atoms with E-state index in [1.807, 2.05) is 24.3 Å². The first-order chi connectivity index (χ1) is 12.5. The zero-order valence-corrected chi connectivity index (χ0v) is 15.1. The number of likely N-dealkylation sites (tertiary alicyclic amines) is 1. The monoisotopic (exact) mass is 357 g/mol. The summed E-state index contributed by atoms with van der Waals surface area (Å²) < 4.78 is 5.36. The van der Waals surface area contributed by atoms with Crippen molar-refractivity contribution in [3.05, 3.63) is 29.8 Å². The topological polar surface area (TPSA) is 70.2 Å². The lowest BCUT2D eigenvalue weighted by molar-refractivity contribution is -0.153. The Morgan fingerprint density at radius 2 is 1.85 bits per heavy atom. The molecule has 0 radical (unpaired) electrons. The molecule has 3 aliphatic heterocycles. The summed E-state index contributed by atoms with van der Waals surface area (Å²) in [5, 5.41) is 0. The number of carbonyl (C=O) groups is 3. The Kier molecular flexibility index (Phi) is 3.99. The highest BCUT2D eigenvalue weighted by molar-refractivity contribution is 6.15. The fraction of sp³-hybridized carbons (Fsp3) is 0.526. The summed E-state index contributed by atoms with van der Waals surface area (Å²) in [6.45, 7) is 3.93. The van der Waals surface area contributed by atoms with Gasteiger partial charge in [-0.2, -0.15) is 0 Å². The molecule has 2 unspecified atom stereocenters. The Bertz CT molecular complexity index is 774. The van der Waals surface area contributed by atoms with E-state index in [0.717, 1.165) is 11.3 Å². The van der Waals surface area contributed by atoms with Gasteiger partial charge in [-0.3, -0.25) is 14.4 Å². The van der Waals surface area contributed by atoms with Gasteiger partial charge in [-0.15, -0.1) is 0 Å². The number of hydrogen-bond acceptors (Lipinski definition) is 4. The number of nitrogens with zero attached hydrogens (tertiary/aromatic N) is 3. The van der Waals surface area contributed by atoms with Crippen LogP contribution in [0.4, 0.5) is 5.69 Å². The van der Waals surface area contributed by atoms with Crippen molar-refractivity contribution in [2.45, 2.75) is 12.8 Å². The molecule has 7 heteroatoms. The van der Waals surface area contributed by atoms with E-state index in [0.29, 0.717) is 32.8 Å². The quantitative estimate of drug-likeness (QED) is 0.685. The molecule has 7 nitrogen and oxygen atoms in total. The van der Waals surface area contributed by atoms with Crippen molar-refractivity contribution in [2.24, 2.45) is 5.41 Å². The van der Waals surface area contributed by atoms with E-state index in [9.17, 15) is 14.4 Å². The third-order valence-electron chi connectivity index (χ3n) is 5.92. The lowest BCUT2D eigenvalue weighted by Crippen LogP contribution is -2.60. The molecule has 2 fully saturated rings. The largest absolute Gasteiger partial charge is 0.378 e. The first-order valence-corrected chi connectivity index (χ1v) is 8.96. The molecule has 2 saturated heterocycles. The van der Waals surface area contributed by atoms with Crippen molar-refractivity contribution in [3.8, 4) is 0 Å². The van der Waals surface area contributed by atoms with Gasteiger partial charge in [0.15, 0.2) is 5.41 Å². The number of rotatable bonds is 1. The van der Waals surface area contributed by atoms with Gasteiger partial charge in [0.2, 0.25) is 17.7 Å². The molecule has 26 heavy (non-hydrogen) atoms. The van der Waals surface area contributed by atoms with Crippen molar-refractivity contribution in [1.29, 1.82) is 0 Å². The number of anilines is 1. The standard InChI is InChI=1S/C19H23N3O4/c1-13(23)22-11-15-14-5-3-4-6-16(14)20(2)17(24)19(15,12-22)18(25)21-7-9-26-10-8-21/h3-6,15H,7-12H2,1-2H3. The molecule has 1 aromatic carbocycles. The Labute approximate surface area is 152 Å². The van der Waals surface area contributed by atoms with E-state index in [4.69, 9.17) is 4.74 Å². The number of carbonyl (C=O) groups excluding carboxylic acids is 3. The molecule has 1 aromatic rings. The minimum Gasteiger partial charge on any atom is -0.378 e. The first kappa shape index (κ1) is 17.0. The maximum Gasteiger partial charge on any atom is 0.244 e. The van der Waals surface area contributed by atoms with Crippen LogP contribution in [0.15, 0.2) is 24.3 Å². The zero-order valence-electron chi connectivity index (χ0n) is 15.1. The van der Waals surface area contributed by atoms with Crippen LogP contribution in [0.25, 0.3) is 0 Å². The smallest absolute Gasteiger partial charge is 0.244 e. The number of ether oxygens (including phenoxy) is 1. The Balaban J connectivity index is 1.84. The molecular weight excluding hydrogens is 334 g/mol. The predicted molar refractivity (Wildman–Crippen MR) is 94.7 cm³/mol. The van der Waals surface area contributed by atoms with Crippen LogP contribution in [0.5, 0.6) is 0 Å². The number of hydrogen-bond donors (Lipinski definition) is 0. The van der Waals surface area contributed by atoms with Crippen molar-refractivity contribution in [1.82, 2.24) is 9.80 Å². The number of benzene rings is 1. The molecule has 2 atom stereocenters. The van der Waals surface area contributed by atoms with Gasteiger partial charge < -0.3 is 19.4 Å². The molecule has 3 aliphatic rings. The van der Waals surface area contributed by atoms with Crippen LogP contribution in [0.3, 0.4) is 0 Å². The molecule has 3 amide bonds. The molecule has 0 saturated carbocycles. The minimum absolute atomic E-state index is 0.110. The lowest BCUT2D eigenvalue weighted by atomic mass is 9.69. The van der Waals surface area contributed by atoms with Crippen LogP contribution >= 0.6 is 0 Å². The third kappa shape index (κ3) is 2.26. The van der Waals surface area contributed by atoms with Crippen molar-refractivity contribution < 1.29 is 19.1 Å². The lowest BCUT2D eigenvalue weighted by Gasteiger charge is -2.44. The fourth-order valence-electron chi connectivity index (χ4n) is 4.53. The molecule has 3 heterocycles. The van der Waals surface area contributed by atoms with Crippen molar-refractivity contribution in [2.75, 3.05) is 51.3 Å². The maximum atomic E-state index is 13.6. The van der Waals surface area contributed by atoms with Gasteiger partial charge in [0.25, 0.3) is 0 Å². The SMILES string of the molecule is CC(=O)N1CC2c3ccccc3N(C)C(=O)C2(C(=O)N2CCOCC2)C1. The summed E-state index contributed by atoms with van der Waals surface area (Å²) in [5.41, 5.74) is 0.532. The fourth-order valence-corrected chi connectivity index (χ4v) is 4.53. The summed E-state index contributed by atoms with van der Waals surface area (Å²) in [5.74, 6) is -0.828. The summed E-state index contributed by atoms with van der Waals surface area (Å²) in [6.07, 6.45) is 0. The van der Waals surface area contributed by atoms with Crippen molar-refractivity contribution in [3.63, 3.8) is 0 Å². The predicted octanol–water partition coefficient (Wildman–Crippen LogP) is 0.454. The van der Waals surface area contributed by atoms with E-state index in [2.05, 4.69) is 0 Å². The van der Waals surface area contributed by atoms with E-state index in [1.165, 1.54) is 6.92 Å². The molecule has 138 valence electrons. The summed E-state index contributed by atoms with van der Waals surface area (Å²) >= 11 is 0. The first-order valence-electron chi connectivity index (χ1n) is 8.96. The molecule has 0 aromatic heterocycles. The van der Waals surface area contributed by atoms with Crippen LogP contribution in [-0.2, 0) is 19.1 Å². The van der Waals surface area contributed by atoms with E-state index in [1.54, 1.807) is 21.7 Å². The van der Waals surface area contributed by atoms with Gasteiger partial charge in [-0.05, 0) is 11.6 Å². The maximum absolute atomic E-state index is 13.6. The van der Waals surface area contributed by atoms with E-state index in [-0.39, 0.29) is 30.2 Å². The second-order valence-electron chi connectivity index (χ2n) is 7.25. The molecule has 0 N–H and O–H groups in total. The van der Waals surface area contributed by atoms with Crippen molar-refractivity contribution >= 4 is 23.4 Å². The molecule has 0 spiro atoms. The Morgan fingerprint density at radius 1 is 1.15 bits per heavy atom. The van der Waals surface area contributed by atoms with Gasteiger partial charge in [-0.25, -0.2) is 0 Å². The van der Waals surface area contributed by atoms with E-state index >= 15 is 0 Å². The average molecular weight is 357 g/mol. The van der Waals surface area contributed by atoms with Gasteiger partial charge in [-0.1, -0.05) is 18.2 Å². The second-order valence-corrected chi connectivity index (χ2v) is 7.25. The van der Waals surface area contributed by atoms with Crippen LogP contribution < -0.4 is 4.90 Å². The molecular formula is C19H23N3O4. The van der Waals surface area contributed by atoms with E-state index < -0.39 is 5.41 Å². The number of amides is 3. The minimum atomic E-state index is -1.24. The summed E-state index contributed by atoms with van der Waals surface area (Å²) in [4.78, 5) is 44.1. The number of morpholine rings is 1. The third-order valence-corrected chi connectivity index (χ3v) is 5.92. The van der Waals surface area contributed by atoms with Gasteiger partial charge in [0.05, 0.1) is 13.2 Å². The second kappa shape index (κ2) is 6.09. The number of fused-ring (bicyclic) bond motifs is 3. The highest BCUT2D eigenvalue weighted by Crippen LogP contribution is 2.52. The zero-order chi connectivity index (χ0) is 18.5. The van der Waals surface area contributed by atoms with Crippen LogP contribution in [0, 0.1) is 5.41 Å².